The zero-order chi connectivity index (χ0) is 16.4. The molecular weight excluding hydrogens is 306 g/mol. The fourth-order valence-electron chi connectivity index (χ4n) is 1.98. The Morgan fingerprint density at radius 3 is 2.68 bits per heavy atom. The summed E-state index contributed by atoms with van der Waals surface area (Å²) in [6, 6.07) is 8.08. The molecule has 0 saturated heterocycles. The van der Waals surface area contributed by atoms with E-state index in [0.29, 0.717) is 0 Å². The summed E-state index contributed by atoms with van der Waals surface area (Å²) in [5.41, 5.74) is -0.660. The van der Waals surface area contributed by atoms with E-state index in [1.807, 2.05) is 0 Å². The van der Waals surface area contributed by atoms with Gasteiger partial charge in [-0.3, -0.25) is 0 Å². The SMILES string of the molecule is COc1ccc(C)cc1S(=O)(=O)NCC(C)(O)c1ccco1. The maximum atomic E-state index is 12.4. The van der Waals surface area contributed by atoms with Crippen LogP contribution in [0.3, 0.4) is 0 Å². The quantitative estimate of drug-likeness (QED) is 0.845. The zero-order valence-corrected chi connectivity index (χ0v) is 13.5. The van der Waals surface area contributed by atoms with Crippen LogP contribution in [-0.4, -0.2) is 27.2 Å². The summed E-state index contributed by atoms with van der Waals surface area (Å²) in [5.74, 6) is 0.530. The van der Waals surface area contributed by atoms with Crippen LogP contribution in [0.15, 0.2) is 45.9 Å². The van der Waals surface area contributed by atoms with Crippen molar-refractivity contribution >= 4 is 10.0 Å². The summed E-state index contributed by atoms with van der Waals surface area (Å²) in [7, 11) is -2.42. The monoisotopic (exact) mass is 325 g/mol. The number of benzene rings is 1. The molecule has 0 spiro atoms. The van der Waals surface area contributed by atoms with Crippen molar-refractivity contribution in [3.05, 3.63) is 47.9 Å². The Kier molecular flexibility index (Phi) is 4.60. The van der Waals surface area contributed by atoms with E-state index in [2.05, 4.69) is 4.72 Å². The number of nitrogens with one attached hydrogen (secondary N) is 1. The molecule has 0 saturated carbocycles. The minimum atomic E-state index is -3.83. The molecule has 1 heterocycles. The molecule has 0 aliphatic heterocycles. The predicted octanol–water partition coefficient (Wildman–Crippen LogP) is 1.78. The average Bonchev–Trinajstić information content (AvgIpc) is 3.00. The molecule has 0 aliphatic carbocycles. The van der Waals surface area contributed by atoms with Gasteiger partial charge in [0.2, 0.25) is 10.0 Å². The first-order valence-electron chi connectivity index (χ1n) is 6.67. The molecule has 0 fully saturated rings. The van der Waals surface area contributed by atoms with E-state index in [9.17, 15) is 13.5 Å². The number of ether oxygens (including phenoxy) is 1. The van der Waals surface area contributed by atoms with E-state index in [-0.39, 0.29) is 22.9 Å². The van der Waals surface area contributed by atoms with Gasteiger partial charge in [-0.2, -0.15) is 0 Å². The topological polar surface area (TPSA) is 88.8 Å². The lowest BCUT2D eigenvalue weighted by Gasteiger charge is -2.21. The van der Waals surface area contributed by atoms with Gasteiger partial charge in [0.05, 0.1) is 13.4 Å². The minimum Gasteiger partial charge on any atom is -0.495 e. The van der Waals surface area contributed by atoms with E-state index in [0.717, 1.165) is 5.56 Å². The van der Waals surface area contributed by atoms with Crippen LogP contribution in [0.4, 0.5) is 0 Å². The fourth-order valence-corrected chi connectivity index (χ4v) is 3.36. The van der Waals surface area contributed by atoms with Gasteiger partial charge in [-0.25, -0.2) is 13.1 Å². The van der Waals surface area contributed by atoms with Gasteiger partial charge in [-0.1, -0.05) is 6.07 Å². The van der Waals surface area contributed by atoms with E-state index in [4.69, 9.17) is 9.15 Å². The van der Waals surface area contributed by atoms with Crippen LogP contribution < -0.4 is 9.46 Å². The lowest BCUT2D eigenvalue weighted by atomic mass is 10.1. The first kappa shape index (κ1) is 16.5. The van der Waals surface area contributed by atoms with Gasteiger partial charge >= 0.3 is 0 Å². The van der Waals surface area contributed by atoms with Gasteiger partial charge in [0, 0.05) is 6.54 Å². The second-order valence-electron chi connectivity index (χ2n) is 5.23. The van der Waals surface area contributed by atoms with E-state index < -0.39 is 15.6 Å². The Morgan fingerprint density at radius 1 is 1.36 bits per heavy atom. The summed E-state index contributed by atoms with van der Waals surface area (Å²) < 4.78 is 37.5. The van der Waals surface area contributed by atoms with Crippen LogP contribution in [0.5, 0.6) is 5.75 Å². The highest BCUT2D eigenvalue weighted by atomic mass is 32.2. The summed E-state index contributed by atoms with van der Waals surface area (Å²) in [6.45, 7) is 3.04. The Morgan fingerprint density at radius 2 is 2.09 bits per heavy atom. The third-order valence-corrected chi connectivity index (χ3v) is 4.69. The molecule has 1 unspecified atom stereocenters. The Bertz CT molecular complexity index is 735. The lowest BCUT2D eigenvalue weighted by Crippen LogP contribution is -2.38. The Hall–Kier alpha value is -1.83. The van der Waals surface area contributed by atoms with Crippen molar-refractivity contribution in [2.45, 2.75) is 24.3 Å². The van der Waals surface area contributed by atoms with E-state index >= 15 is 0 Å². The van der Waals surface area contributed by atoms with Crippen molar-refractivity contribution in [3.8, 4) is 5.75 Å². The van der Waals surface area contributed by atoms with Crippen molar-refractivity contribution in [2.24, 2.45) is 0 Å². The molecule has 0 amide bonds. The molecule has 0 radical (unpaired) electrons. The molecule has 2 rings (SSSR count). The highest BCUT2D eigenvalue weighted by Gasteiger charge is 2.29. The Balaban J connectivity index is 2.24. The number of hydrogen-bond donors (Lipinski definition) is 2. The molecule has 2 aromatic rings. The minimum absolute atomic E-state index is 0.0326. The highest BCUT2D eigenvalue weighted by molar-refractivity contribution is 7.89. The van der Waals surface area contributed by atoms with Gasteiger partial charge in [0.15, 0.2) is 0 Å². The van der Waals surface area contributed by atoms with Gasteiger partial charge in [-0.15, -0.1) is 0 Å². The number of rotatable bonds is 6. The van der Waals surface area contributed by atoms with Crippen molar-refractivity contribution in [2.75, 3.05) is 13.7 Å². The van der Waals surface area contributed by atoms with Gasteiger partial charge in [0.25, 0.3) is 0 Å². The van der Waals surface area contributed by atoms with Crippen molar-refractivity contribution < 1.29 is 22.7 Å². The zero-order valence-electron chi connectivity index (χ0n) is 12.7. The highest BCUT2D eigenvalue weighted by Crippen LogP contribution is 2.26. The smallest absolute Gasteiger partial charge is 0.244 e. The summed E-state index contributed by atoms with van der Waals surface area (Å²) in [5, 5.41) is 10.3. The molecule has 2 N–H and O–H groups in total. The summed E-state index contributed by atoms with van der Waals surface area (Å²) >= 11 is 0. The van der Waals surface area contributed by atoms with Crippen molar-refractivity contribution in [1.82, 2.24) is 4.72 Å². The average molecular weight is 325 g/mol. The molecule has 0 aliphatic rings. The molecule has 0 bridgehead atoms. The van der Waals surface area contributed by atoms with E-state index in [1.165, 1.54) is 26.4 Å². The molecule has 7 heteroatoms. The van der Waals surface area contributed by atoms with Gasteiger partial charge in [-0.05, 0) is 43.7 Å². The van der Waals surface area contributed by atoms with Crippen LogP contribution in [-0.2, 0) is 15.6 Å². The third-order valence-electron chi connectivity index (χ3n) is 3.27. The first-order valence-corrected chi connectivity index (χ1v) is 8.15. The van der Waals surface area contributed by atoms with Crippen molar-refractivity contribution in [1.29, 1.82) is 0 Å². The number of hydrogen-bond acceptors (Lipinski definition) is 5. The van der Waals surface area contributed by atoms with Crippen molar-refractivity contribution in [3.63, 3.8) is 0 Å². The number of aliphatic hydroxyl groups is 1. The number of sulfonamides is 1. The predicted molar refractivity (Wildman–Crippen MR) is 81.2 cm³/mol. The van der Waals surface area contributed by atoms with Crippen LogP contribution >= 0.6 is 0 Å². The van der Waals surface area contributed by atoms with Crippen LogP contribution in [0, 0.1) is 6.92 Å². The molecule has 6 nitrogen and oxygen atoms in total. The Labute approximate surface area is 129 Å². The molecule has 22 heavy (non-hydrogen) atoms. The molecular formula is C15H19NO5S. The normalized spacial score (nSPS) is 14.5. The second-order valence-corrected chi connectivity index (χ2v) is 6.97. The lowest BCUT2D eigenvalue weighted by molar-refractivity contribution is 0.0395. The second kappa shape index (κ2) is 6.12. The van der Waals surface area contributed by atoms with E-state index in [1.54, 1.807) is 31.2 Å². The van der Waals surface area contributed by atoms with Crippen LogP contribution in [0.1, 0.15) is 18.2 Å². The molecule has 1 aromatic heterocycles. The third kappa shape index (κ3) is 3.49. The molecule has 1 aromatic carbocycles. The first-order chi connectivity index (χ1) is 10.3. The maximum Gasteiger partial charge on any atom is 0.244 e. The fraction of sp³-hybridized carbons (Fsp3) is 0.333. The number of furan rings is 1. The van der Waals surface area contributed by atoms with Crippen LogP contribution in [0.25, 0.3) is 0 Å². The largest absolute Gasteiger partial charge is 0.495 e. The maximum absolute atomic E-state index is 12.4. The van der Waals surface area contributed by atoms with Crippen LogP contribution in [0.2, 0.25) is 0 Å². The number of aryl methyl sites for hydroxylation is 1. The van der Waals surface area contributed by atoms with Gasteiger partial charge in [0.1, 0.15) is 22.0 Å². The van der Waals surface area contributed by atoms with Gasteiger partial charge < -0.3 is 14.3 Å². The molecule has 120 valence electrons. The number of methoxy groups -OCH3 is 1. The molecule has 1 atom stereocenters. The standard InChI is InChI=1S/C15H19NO5S/c1-11-6-7-12(20-3)13(9-11)22(18,19)16-10-15(2,17)14-5-4-8-21-14/h4-9,16-17H,10H2,1-3H3. The summed E-state index contributed by atoms with van der Waals surface area (Å²) in [6.07, 6.45) is 1.42. The summed E-state index contributed by atoms with van der Waals surface area (Å²) in [4.78, 5) is 0.0326.